The highest BCUT2D eigenvalue weighted by Gasteiger charge is 2.22. The van der Waals surface area contributed by atoms with Gasteiger partial charge in [-0.05, 0) is 79.5 Å². The molecule has 2 aliphatic rings. The van der Waals surface area contributed by atoms with E-state index in [1.54, 1.807) is 0 Å². The highest BCUT2D eigenvalue weighted by molar-refractivity contribution is 5.94. The van der Waals surface area contributed by atoms with Crippen LogP contribution in [0.15, 0.2) is 48.5 Å². The van der Waals surface area contributed by atoms with Crippen molar-refractivity contribution in [1.82, 2.24) is 5.32 Å². The molecular formula is C27H37N3. The molecule has 1 aliphatic heterocycles. The minimum absolute atomic E-state index is 0.154. The molecule has 1 aliphatic carbocycles. The summed E-state index contributed by atoms with van der Waals surface area (Å²) in [7, 11) is 0. The molecule has 2 aromatic rings. The molecule has 3 atom stereocenters. The van der Waals surface area contributed by atoms with E-state index in [2.05, 4.69) is 41.7 Å². The second-order valence-electron chi connectivity index (χ2n) is 9.52. The Kier molecular flexibility index (Phi) is 7.22. The number of benzene rings is 2. The molecule has 1 saturated heterocycles. The van der Waals surface area contributed by atoms with Crippen molar-refractivity contribution < 1.29 is 0 Å². The number of rotatable bonds is 8. The molecule has 0 radical (unpaired) electrons. The van der Waals surface area contributed by atoms with E-state index in [4.69, 9.17) is 11.1 Å². The Balaban J connectivity index is 1.21. The molecular weight excluding hydrogens is 366 g/mol. The number of aryl methyl sites for hydroxylation is 2. The molecule has 3 heteroatoms. The van der Waals surface area contributed by atoms with Gasteiger partial charge in [-0.2, -0.15) is 0 Å². The molecule has 1 unspecified atom stereocenters. The lowest BCUT2D eigenvalue weighted by Gasteiger charge is -2.29. The summed E-state index contributed by atoms with van der Waals surface area (Å²) in [6, 6.07) is 17.7. The SMILES string of the molecule is N=C(N)c1ccc(CC[C@@H]2CCC[C@H](CCc3ccc(C4CCNC4)cc3)C2)cc1. The Morgan fingerprint density at radius 3 is 2.00 bits per heavy atom. The molecule has 4 rings (SSSR count). The lowest BCUT2D eigenvalue weighted by Crippen LogP contribution is -2.17. The number of nitrogens with one attached hydrogen (secondary N) is 2. The van der Waals surface area contributed by atoms with Crippen LogP contribution in [0.1, 0.15) is 73.1 Å². The van der Waals surface area contributed by atoms with Crippen LogP contribution >= 0.6 is 0 Å². The van der Waals surface area contributed by atoms with Crippen molar-refractivity contribution in [2.45, 2.75) is 63.7 Å². The lowest BCUT2D eigenvalue weighted by atomic mass is 9.77. The standard InChI is InChI=1S/C27H37N3/c28-27(29)25-14-10-21(11-15-25)5-7-23-3-1-2-22(18-23)6-4-20-8-12-24(13-9-20)26-16-17-30-19-26/h8-15,22-23,26,30H,1-7,16-19H2,(H3,28,29)/t22-,23+,26?/m1/s1. The summed E-state index contributed by atoms with van der Waals surface area (Å²) >= 11 is 0. The van der Waals surface area contributed by atoms with Gasteiger partial charge in [-0.25, -0.2) is 0 Å². The van der Waals surface area contributed by atoms with E-state index in [0.29, 0.717) is 0 Å². The Morgan fingerprint density at radius 2 is 1.47 bits per heavy atom. The molecule has 4 N–H and O–H groups in total. The van der Waals surface area contributed by atoms with Gasteiger partial charge in [0.2, 0.25) is 0 Å². The van der Waals surface area contributed by atoms with E-state index in [9.17, 15) is 0 Å². The van der Waals surface area contributed by atoms with E-state index >= 15 is 0 Å². The van der Waals surface area contributed by atoms with Gasteiger partial charge in [0, 0.05) is 12.1 Å². The first-order chi connectivity index (χ1) is 14.7. The van der Waals surface area contributed by atoms with Crippen LogP contribution in [0.2, 0.25) is 0 Å². The Bertz CT molecular complexity index is 803. The highest BCUT2D eigenvalue weighted by Crippen LogP contribution is 2.34. The van der Waals surface area contributed by atoms with E-state index < -0.39 is 0 Å². The minimum atomic E-state index is 0.154. The first-order valence-corrected chi connectivity index (χ1v) is 11.9. The molecule has 0 aromatic heterocycles. The zero-order chi connectivity index (χ0) is 20.8. The number of amidine groups is 1. The number of hydrogen-bond acceptors (Lipinski definition) is 2. The normalized spacial score (nSPS) is 24.1. The molecule has 160 valence electrons. The molecule has 0 spiro atoms. The van der Waals surface area contributed by atoms with Crippen LogP contribution < -0.4 is 11.1 Å². The number of nitrogens with two attached hydrogens (primary N) is 1. The molecule has 0 bridgehead atoms. The summed E-state index contributed by atoms with van der Waals surface area (Å²) in [5.41, 5.74) is 10.8. The minimum Gasteiger partial charge on any atom is -0.384 e. The predicted molar refractivity (Wildman–Crippen MR) is 126 cm³/mol. The van der Waals surface area contributed by atoms with Crippen molar-refractivity contribution in [2.24, 2.45) is 17.6 Å². The Labute approximate surface area is 182 Å². The molecule has 1 saturated carbocycles. The number of hydrogen-bond donors (Lipinski definition) is 3. The van der Waals surface area contributed by atoms with Gasteiger partial charge >= 0.3 is 0 Å². The van der Waals surface area contributed by atoms with Crippen molar-refractivity contribution in [3.8, 4) is 0 Å². The molecule has 1 heterocycles. The van der Waals surface area contributed by atoms with Crippen LogP contribution in [0.25, 0.3) is 0 Å². The molecule has 0 amide bonds. The second kappa shape index (κ2) is 10.3. The fourth-order valence-electron chi connectivity index (χ4n) is 5.41. The molecule has 2 aromatic carbocycles. The van der Waals surface area contributed by atoms with Gasteiger partial charge in [0.15, 0.2) is 0 Å². The van der Waals surface area contributed by atoms with E-state index in [-0.39, 0.29) is 5.84 Å². The summed E-state index contributed by atoms with van der Waals surface area (Å²) in [4.78, 5) is 0. The summed E-state index contributed by atoms with van der Waals surface area (Å²) < 4.78 is 0. The maximum absolute atomic E-state index is 7.52. The van der Waals surface area contributed by atoms with Crippen molar-refractivity contribution in [1.29, 1.82) is 5.41 Å². The summed E-state index contributed by atoms with van der Waals surface area (Å²) in [6.45, 7) is 2.31. The fourth-order valence-corrected chi connectivity index (χ4v) is 5.41. The summed E-state index contributed by atoms with van der Waals surface area (Å²) in [5, 5.41) is 11.0. The van der Waals surface area contributed by atoms with Gasteiger partial charge in [0.25, 0.3) is 0 Å². The van der Waals surface area contributed by atoms with Crippen LogP contribution in [0.4, 0.5) is 0 Å². The van der Waals surface area contributed by atoms with Crippen LogP contribution in [0.3, 0.4) is 0 Å². The second-order valence-corrected chi connectivity index (χ2v) is 9.52. The van der Waals surface area contributed by atoms with Crippen LogP contribution in [0, 0.1) is 17.2 Å². The highest BCUT2D eigenvalue weighted by atomic mass is 14.9. The molecule has 2 fully saturated rings. The molecule has 30 heavy (non-hydrogen) atoms. The third-order valence-corrected chi connectivity index (χ3v) is 7.35. The number of nitrogen functional groups attached to an aromatic ring is 1. The van der Waals surface area contributed by atoms with E-state index in [1.807, 2.05) is 12.1 Å². The topological polar surface area (TPSA) is 61.9 Å². The maximum atomic E-state index is 7.52. The first-order valence-electron chi connectivity index (χ1n) is 11.9. The van der Waals surface area contributed by atoms with Gasteiger partial charge in [0.1, 0.15) is 5.84 Å². The Morgan fingerprint density at radius 1 is 0.867 bits per heavy atom. The van der Waals surface area contributed by atoms with Crippen LogP contribution in [-0.2, 0) is 12.8 Å². The summed E-state index contributed by atoms with van der Waals surface area (Å²) in [6.07, 6.45) is 11.9. The quantitative estimate of drug-likeness (QED) is 0.407. The van der Waals surface area contributed by atoms with Crippen molar-refractivity contribution >= 4 is 5.84 Å². The fraction of sp³-hybridized carbons (Fsp3) is 0.519. The summed E-state index contributed by atoms with van der Waals surface area (Å²) in [5.74, 6) is 2.63. The Hall–Kier alpha value is -2.13. The lowest BCUT2D eigenvalue weighted by molar-refractivity contribution is 0.244. The van der Waals surface area contributed by atoms with Gasteiger partial charge < -0.3 is 11.1 Å². The van der Waals surface area contributed by atoms with Gasteiger partial charge in [0.05, 0.1) is 0 Å². The zero-order valence-electron chi connectivity index (χ0n) is 18.2. The van der Waals surface area contributed by atoms with Crippen LogP contribution in [0.5, 0.6) is 0 Å². The average Bonchev–Trinajstić information content (AvgIpc) is 3.32. The van der Waals surface area contributed by atoms with Crippen LogP contribution in [-0.4, -0.2) is 18.9 Å². The largest absolute Gasteiger partial charge is 0.384 e. The van der Waals surface area contributed by atoms with Crippen molar-refractivity contribution in [3.05, 3.63) is 70.8 Å². The van der Waals surface area contributed by atoms with Gasteiger partial charge in [-0.15, -0.1) is 0 Å². The third-order valence-electron chi connectivity index (χ3n) is 7.35. The maximum Gasteiger partial charge on any atom is 0.122 e. The first kappa shape index (κ1) is 21.1. The van der Waals surface area contributed by atoms with Crippen molar-refractivity contribution in [3.63, 3.8) is 0 Å². The monoisotopic (exact) mass is 403 g/mol. The van der Waals surface area contributed by atoms with Crippen molar-refractivity contribution in [2.75, 3.05) is 13.1 Å². The van der Waals surface area contributed by atoms with Gasteiger partial charge in [-0.1, -0.05) is 67.8 Å². The molecule has 3 nitrogen and oxygen atoms in total. The predicted octanol–water partition coefficient (Wildman–Crippen LogP) is 5.42. The van der Waals surface area contributed by atoms with E-state index in [1.165, 1.54) is 74.6 Å². The van der Waals surface area contributed by atoms with E-state index in [0.717, 1.165) is 36.3 Å². The van der Waals surface area contributed by atoms with Gasteiger partial charge in [-0.3, -0.25) is 5.41 Å². The zero-order valence-corrected chi connectivity index (χ0v) is 18.2. The average molecular weight is 404 g/mol. The third kappa shape index (κ3) is 5.72. The smallest absolute Gasteiger partial charge is 0.122 e.